The Balaban J connectivity index is 0.00000162. The number of carbonyl (C=O) groups is 1. The number of nitrogens with zero attached hydrogens (tertiary/aromatic N) is 2. The number of urea groups is 1. The summed E-state index contributed by atoms with van der Waals surface area (Å²) in [5.41, 5.74) is 0.870. The predicted octanol–water partition coefficient (Wildman–Crippen LogP) is 2.22. The highest BCUT2D eigenvalue weighted by Gasteiger charge is 2.28. The zero-order valence-corrected chi connectivity index (χ0v) is 11.8. The minimum Gasteiger partial charge on any atom is -0.321 e. The van der Waals surface area contributed by atoms with Gasteiger partial charge in [0.05, 0.1) is 0 Å². The van der Waals surface area contributed by atoms with Crippen LogP contribution in [0.25, 0.3) is 0 Å². The van der Waals surface area contributed by atoms with E-state index in [1.54, 1.807) is 4.90 Å². The summed E-state index contributed by atoms with van der Waals surface area (Å²) in [6.07, 6.45) is 0. The summed E-state index contributed by atoms with van der Waals surface area (Å²) in [6.45, 7) is 3.05. The van der Waals surface area contributed by atoms with Crippen molar-refractivity contribution in [1.82, 2.24) is 10.2 Å². The lowest BCUT2D eigenvalue weighted by molar-refractivity contribution is 0.221. The molecule has 18 heavy (non-hydrogen) atoms. The number of amides is 2. The first-order valence-corrected chi connectivity index (χ1v) is 6.07. The first-order chi connectivity index (χ1) is 8.22. The van der Waals surface area contributed by atoms with E-state index in [1.807, 2.05) is 36.2 Å². The van der Waals surface area contributed by atoms with Crippen LogP contribution >= 0.6 is 24.0 Å². The molecule has 6 heteroatoms. The monoisotopic (exact) mass is 289 g/mol. The second kappa shape index (κ2) is 6.83. The second-order valence-electron chi connectivity index (χ2n) is 4.00. The van der Waals surface area contributed by atoms with E-state index in [-0.39, 0.29) is 18.4 Å². The number of hydrogen-bond donors (Lipinski definition) is 1. The van der Waals surface area contributed by atoms with E-state index in [1.165, 1.54) is 0 Å². The van der Waals surface area contributed by atoms with Gasteiger partial charge in [0.1, 0.15) is 0 Å². The molecule has 0 aliphatic carbocycles. The normalized spacial score (nSPS) is 14.9. The van der Waals surface area contributed by atoms with Gasteiger partial charge in [-0.2, -0.15) is 0 Å². The maximum absolute atomic E-state index is 12.1. The summed E-state index contributed by atoms with van der Waals surface area (Å²) >= 11 is 5.93. The van der Waals surface area contributed by atoms with Crippen LogP contribution < -0.4 is 10.2 Å². The molecule has 0 radical (unpaired) electrons. The number of halogens is 2. The Hall–Kier alpha value is -0.970. The molecule has 0 aromatic heterocycles. The van der Waals surface area contributed by atoms with Gasteiger partial charge < -0.3 is 10.2 Å². The molecule has 1 aliphatic heterocycles. The van der Waals surface area contributed by atoms with Gasteiger partial charge in [-0.25, -0.2) is 4.79 Å². The highest BCUT2D eigenvalue weighted by atomic mass is 35.5. The number of hydrogen-bond acceptors (Lipinski definition) is 2. The molecule has 1 heterocycles. The Bertz CT molecular complexity index is 414. The molecule has 1 N–H and O–H groups in total. The van der Waals surface area contributed by atoms with Crippen molar-refractivity contribution < 1.29 is 4.79 Å². The molecule has 1 aromatic carbocycles. The maximum atomic E-state index is 12.1. The zero-order chi connectivity index (χ0) is 12.3. The Morgan fingerprint density at radius 2 is 2.17 bits per heavy atom. The summed E-state index contributed by atoms with van der Waals surface area (Å²) in [5, 5.41) is 3.70. The van der Waals surface area contributed by atoms with Gasteiger partial charge in [0, 0.05) is 36.9 Å². The molecule has 2 rings (SSSR count). The van der Waals surface area contributed by atoms with Crippen LogP contribution in [0.1, 0.15) is 0 Å². The SMILES string of the molecule is CNCCN1CCN(c2cccc(Cl)c2)C1=O.Cl. The third kappa shape index (κ3) is 3.28. The molecule has 1 saturated heterocycles. The number of carbonyl (C=O) groups excluding carboxylic acids is 1. The largest absolute Gasteiger partial charge is 0.324 e. The highest BCUT2D eigenvalue weighted by molar-refractivity contribution is 6.30. The first kappa shape index (κ1) is 15.1. The number of anilines is 1. The predicted molar refractivity (Wildman–Crippen MR) is 76.9 cm³/mol. The quantitative estimate of drug-likeness (QED) is 0.923. The molecular formula is C12H17Cl2N3O. The van der Waals surface area contributed by atoms with Crippen molar-refractivity contribution in [3.05, 3.63) is 29.3 Å². The van der Waals surface area contributed by atoms with Gasteiger partial charge in [-0.1, -0.05) is 17.7 Å². The van der Waals surface area contributed by atoms with E-state index in [9.17, 15) is 4.79 Å². The third-order valence-electron chi connectivity index (χ3n) is 2.85. The fourth-order valence-corrected chi connectivity index (χ4v) is 2.11. The molecule has 4 nitrogen and oxygen atoms in total. The van der Waals surface area contributed by atoms with Crippen LogP contribution in [-0.2, 0) is 0 Å². The maximum Gasteiger partial charge on any atom is 0.324 e. The van der Waals surface area contributed by atoms with Crippen LogP contribution in [0.4, 0.5) is 10.5 Å². The van der Waals surface area contributed by atoms with Crippen LogP contribution in [0.5, 0.6) is 0 Å². The van der Waals surface area contributed by atoms with Crippen LogP contribution in [0.3, 0.4) is 0 Å². The van der Waals surface area contributed by atoms with E-state index in [0.717, 1.165) is 31.9 Å². The molecule has 0 saturated carbocycles. The van der Waals surface area contributed by atoms with Crippen molar-refractivity contribution in [1.29, 1.82) is 0 Å². The van der Waals surface area contributed by atoms with Crippen LogP contribution in [0.15, 0.2) is 24.3 Å². The van der Waals surface area contributed by atoms with Crippen LogP contribution in [0, 0.1) is 0 Å². The smallest absolute Gasteiger partial charge is 0.321 e. The summed E-state index contributed by atoms with van der Waals surface area (Å²) in [4.78, 5) is 15.7. The summed E-state index contributed by atoms with van der Waals surface area (Å²) in [7, 11) is 1.88. The Labute approximate surface area is 118 Å². The van der Waals surface area contributed by atoms with Crippen molar-refractivity contribution in [3.8, 4) is 0 Å². The Morgan fingerprint density at radius 3 is 2.83 bits per heavy atom. The molecular weight excluding hydrogens is 273 g/mol. The minimum absolute atomic E-state index is 0. The highest BCUT2D eigenvalue weighted by Crippen LogP contribution is 2.23. The van der Waals surface area contributed by atoms with E-state index in [2.05, 4.69) is 5.32 Å². The van der Waals surface area contributed by atoms with E-state index < -0.39 is 0 Å². The lowest BCUT2D eigenvalue weighted by atomic mass is 10.3. The van der Waals surface area contributed by atoms with Gasteiger partial charge in [0.2, 0.25) is 0 Å². The van der Waals surface area contributed by atoms with Crippen LogP contribution in [-0.4, -0.2) is 44.2 Å². The van der Waals surface area contributed by atoms with Gasteiger partial charge in [-0.15, -0.1) is 12.4 Å². The average molecular weight is 290 g/mol. The Morgan fingerprint density at radius 1 is 1.39 bits per heavy atom. The lowest BCUT2D eigenvalue weighted by Crippen LogP contribution is -2.35. The van der Waals surface area contributed by atoms with Crippen molar-refractivity contribution in [2.75, 3.05) is 38.1 Å². The average Bonchev–Trinajstić information content (AvgIpc) is 2.68. The van der Waals surface area contributed by atoms with Crippen LogP contribution in [0.2, 0.25) is 5.02 Å². The molecule has 1 aromatic rings. The molecule has 100 valence electrons. The summed E-state index contributed by atoms with van der Waals surface area (Å²) < 4.78 is 0. The molecule has 0 atom stereocenters. The summed E-state index contributed by atoms with van der Waals surface area (Å²) in [6, 6.07) is 7.46. The number of nitrogens with one attached hydrogen (secondary N) is 1. The van der Waals surface area contributed by atoms with Gasteiger partial charge in [0.25, 0.3) is 0 Å². The zero-order valence-electron chi connectivity index (χ0n) is 10.2. The van der Waals surface area contributed by atoms with Gasteiger partial charge in [-0.05, 0) is 25.2 Å². The molecule has 2 amide bonds. The second-order valence-corrected chi connectivity index (χ2v) is 4.44. The molecule has 0 unspecified atom stereocenters. The number of likely N-dealkylation sites (N-methyl/N-ethyl adjacent to an activating group) is 1. The standard InChI is InChI=1S/C12H16ClN3O.ClH/c1-14-5-6-15-7-8-16(12(15)17)11-4-2-3-10(13)9-11;/h2-4,9,14H,5-8H2,1H3;1H. The fourth-order valence-electron chi connectivity index (χ4n) is 1.92. The number of rotatable bonds is 4. The van der Waals surface area contributed by atoms with Gasteiger partial charge >= 0.3 is 6.03 Å². The topological polar surface area (TPSA) is 35.6 Å². The Kier molecular flexibility index (Phi) is 5.72. The number of benzene rings is 1. The van der Waals surface area contributed by atoms with Crippen molar-refractivity contribution >= 4 is 35.7 Å². The molecule has 1 fully saturated rings. The fraction of sp³-hybridized carbons (Fsp3) is 0.417. The molecule has 1 aliphatic rings. The lowest BCUT2D eigenvalue weighted by Gasteiger charge is -2.18. The first-order valence-electron chi connectivity index (χ1n) is 5.69. The van der Waals surface area contributed by atoms with Gasteiger partial charge in [0.15, 0.2) is 0 Å². The van der Waals surface area contributed by atoms with E-state index >= 15 is 0 Å². The minimum atomic E-state index is 0. The van der Waals surface area contributed by atoms with Gasteiger partial charge in [-0.3, -0.25) is 4.90 Å². The van der Waals surface area contributed by atoms with Crippen molar-refractivity contribution in [3.63, 3.8) is 0 Å². The molecule has 0 spiro atoms. The molecule has 0 bridgehead atoms. The van der Waals surface area contributed by atoms with Crippen molar-refractivity contribution in [2.45, 2.75) is 0 Å². The van der Waals surface area contributed by atoms with E-state index in [0.29, 0.717) is 5.02 Å². The van der Waals surface area contributed by atoms with Crippen molar-refractivity contribution in [2.24, 2.45) is 0 Å². The summed E-state index contributed by atoms with van der Waals surface area (Å²) in [5.74, 6) is 0. The van der Waals surface area contributed by atoms with E-state index in [4.69, 9.17) is 11.6 Å². The third-order valence-corrected chi connectivity index (χ3v) is 3.08.